The normalized spacial score (nSPS) is 17.5. The predicted octanol–water partition coefficient (Wildman–Crippen LogP) is 9.08. The molecule has 0 bridgehead atoms. The molecule has 3 aromatic rings. The van der Waals surface area contributed by atoms with Crippen LogP contribution in [0.25, 0.3) is 0 Å². The van der Waals surface area contributed by atoms with Gasteiger partial charge in [-0.05, 0) is 67.9 Å². The first kappa shape index (κ1) is 62.1. The number of benzene rings is 2. The van der Waals surface area contributed by atoms with E-state index in [1.807, 2.05) is 0 Å². The summed E-state index contributed by atoms with van der Waals surface area (Å²) in [6, 6.07) is 12.1. The van der Waals surface area contributed by atoms with E-state index in [-0.39, 0.29) is 36.3 Å². The molecule has 0 saturated carbocycles. The molecule has 1 unspecified atom stereocenters. The number of aromatic nitrogens is 2. The fourth-order valence-corrected chi connectivity index (χ4v) is 10.00. The van der Waals surface area contributed by atoms with Gasteiger partial charge < -0.3 is 40.0 Å². The molecule has 1 amide bonds. The van der Waals surface area contributed by atoms with Crippen molar-refractivity contribution in [1.82, 2.24) is 14.5 Å². The second kappa shape index (κ2) is 33.6. The van der Waals surface area contributed by atoms with Crippen LogP contribution in [0, 0.1) is 0 Å². The SMILES string of the molecule is CCCCCCCCCC(=O)Oc1ccc(COP(=O)(OCc2ccc(OC(=O)CCCCCCCCC)cc2)OP(=O)(O)OC[C@H]2O[C@@H](n3ccnc(C(N)=O)c3=O)[C@H](O)[C@@H]2O)cc1.CCN(CC)CC. The summed E-state index contributed by atoms with van der Waals surface area (Å²) in [4.78, 5) is 65.9. The lowest BCUT2D eigenvalue weighted by atomic mass is 10.1. The zero-order valence-electron chi connectivity index (χ0n) is 42.6. The Morgan fingerprint density at radius 3 is 1.54 bits per heavy atom. The molecule has 1 saturated heterocycles. The number of hydrogen-bond acceptors (Lipinski definition) is 17. The van der Waals surface area contributed by atoms with E-state index in [1.165, 1.54) is 93.8 Å². The maximum atomic E-state index is 14.1. The minimum Gasteiger partial charge on any atom is -0.427 e. The summed E-state index contributed by atoms with van der Waals surface area (Å²) in [5.41, 5.74) is 4.26. The molecule has 72 heavy (non-hydrogen) atoms. The summed E-state index contributed by atoms with van der Waals surface area (Å²) in [5.74, 6) is -1.38. The third-order valence-electron chi connectivity index (χ3n) is 11.7. The summed E-state index contributed by atoms with van der Waals surface area (Å²) in [5, 5.41) is 21.3. The molecular weight excluding hydrogens is 975 g/mol. The Balaban J connectivity index is 0.00000181. The number of hydrogen-bond donors (Lipinski definition) is 4. The zero-order chi connectivity index (χ0) is 52.9. The maximum Gasteiger partial charge on any atom is 0.484 e. The number of rotatable bonds is 34. The number of ether oxygens (including phenoxy) is 3. The highest BCUT2D eigenvalue weighted by atomic mass is 31.3. The molecule has 5 N–H and O–H groups in total. The standard InChI is InChI=1S/C44H63N3O16P2.C6H15N/c1-3-5-7-9-11-13-15-17-37(48)60-34-23-19-32(20-24-34)29-58-65(56,59-30-33-21-25-35(26-22-33)61-38(49)18-16-14-12-10-8-6-4-2)63-64(54,55)57-31-36-40(50)41(51)44(62-36)47-28-27-46-39(42(45)52)43(47)53;1-4-7(5-2)6-3/h19-28,36,40-41,44,50-51H,3-18,29-31H2,1-2H3,(H2,45,52)(H,54,55);4-6H2,1-3H3/t36-,40-,41-,44-;/m1./s1. The minimum absolute atomic E-state index is 0.266. The first-order chi connectivity index (χ1) is 34.5. The first-order valence-electron chi connectivity index (χ1n) is 25.3. The van der Waals surface area contributed by atoms with Crippen LogP contribution < -0.4 is 20.8 Å². The Morgan fingerprint density at radius 1 is 0.681 bits per heavy atom. The molecule has 2 aromatic carbocycles. The lowest BCUT2D eigenvalue weighted by molar-refractivity contribution is -0.135. The number of phosphoric ester groups is 2. The van der Waals surface area contributed by atoms with E-state index in [0.29, 0.717) is 24.0 Å². The van der Waals surface area contributed by atoms with Gasteiger partial charge in [-0.1, -0.05) is 136 Å². The van der Waals surface area contributed by atoms with Gasteiger partial charge in [-0.25, -0.2) is 14.1 Å². The summed E-state index contributed by atoms with van der Waals surface area (Å²) < 4.78 is 65.5. The van der Waals surface area contributed by atoms with Crippen molar-refractivity contribution in [2.24, 2.45) is 5.73 Å². The number of aliphatic hydroxyl groups is 2. The zero-order valence-corrected chi connectivity index (χ0v) is 44.4. The summed E-state index contributed by atoms with van der Waals surface area (Å²) in [6.45, 7) is 12.5. The Morgan fingerprint density at radius 2 is 1.12 bits per heavy atom. The van der Waals surface area contributed by atoms with Crippen LogP contribution in [-0.4, -0.2) is 92.0 Å². The van der Waals surface area contributed by atoms with Crippen LogP contribution >= 0.6 is 15.6 Å². The van der Waals surface area contributed by atoms with E-state index in [2.05, 4.69) is 44.5 Å². The Bertz CT molecular complexity index is 2120. The van der Waals surface area contributed by atoms with Gasteiger partial charge in [0.1, 0.15) is 29.8 Å². The van der Waals surface area contributed by atoms with Gasteiger partial charge in [-0.2, -0.15) is 4.31 Å². The third kappa shape index (κ3) is 22.9. The average molecular weight is 1050 g/mol. The van der Waals surface area contributed by atoms with Gasteiger partial charge in [0.15, 0.2) is 11.9 Å². The van der Waals surface area contributed by atoms with Gasteiger partial charge in [-0.15, -0.1) is 0 Å². The third-order valence-corrected chi connectivity index (χ3v) is 14.7. The molecule has 0 radical (unpaired) electrons. The number of nitrogens with zero attached hydrogens (tertiary/aromatic N) is 3. The van der Waals surface area contributed by atoms with E-state index in [0.717, 1.165) is 68.3 Å². The van der Waals surface area contributed by atoms with E-state index in [1.54, 1.807) is 0 Å². The van der Waals surface area contributed by atoms with Crippen LogP contribution in [0.3, 0.4) is 0 Å². The quantitative estimate of drug-likeness (QED) is 0.0188. The van der Waals surface area contributed by atoms with Crippen LogP contribution in [0.1, 0.15) is 165 Å². The molecule has 4 rings (SSSR count). The number of aliphatic hydroxyl groups excluding tert-OH is 2. The second-order valence-electron chi connectivity index (χ2n) is 17.3. The van der Waals surface area contributed by atoms with Crippen molar-refractivity contribution in [1.29, 1.82) is 0 Å². The van der Waals surface area contributed by atoms with Crippen molar-refractivity contribution in [2.75, 3.05) is 26.2 Å². The second-order valence-corrected chi connectivity index (χ2v) is 20.6. The van der Waals surface area contributed by atoms with Gasteiger partial charge in [0, 0.05) is 25.2 Å². The largest absolute Gasteiger partial charge is 0.484 e. The molecule has 0 spiro atoms. The van der Waals surface area contributed by atoms with E-state index in [9.17, 15) is 43.4 Å². The van der Waals surface area contributed by atoms with Gasteiger partial charge in [0.25, 0.3) is 11.5 Å². The van der Waals surface area contributed by atoms with Crippen molar-refractivity contribution < 1.29 is 70.7 Å². The molecule has 1 fully saturated rings. The Kier molecular flexibility index (Phi) is 29.0. The van der Waals surface area contributed by atoms with Crippen molar-refractivity contribution in [3.63, 3.8) is 0 Å². The lowest BCUT2D eigenvalue weighted by Gasteiger charge is -2.22. The highest BCUT2D eigenvalue weighted by Crippen LogP contribution is 2.64. The predicted molar refractivity (Wildman–Crippen MR) is 270 cm³/mol. The lowest BCUT2D eigenvalue weighted by Crippen LogP contribution is -2.38. The Labute approximate surface area is 424 Å². The van der Waals surface area contributed by atoms with Gasteiger partial charge in [0.2, 0.25) is 0 Å². The van der Waals surface area contributed by atoms with Gasteiger partial charge in [0.05, 0.1) is 19.8 Å². The Hall–Kier alpha value is -4.17. The molecule has 20 nitrogen and oxygen atoms in total. The summed E-state index contributed by atoms with van der Waals surface area (Å²) >= 11 is 0. The highest BCUT2D eigenvalue weighted by molar-refractivity contribution is 7.61. The van der Waals surface area contributed by atoms with E-state index >= 15 is 0 Å². The highest BCUT2D eigenvalue weighted by Gasteiger charge is 2.46. The van der Waals surface area contributed by atoms with Crippen LogP contribution in [0.15, 0.2) is 65.7 Å². The fraction of sp³-hybridized carbons (Fsp3) is 0.620. The van der Waals surface area contributed by atoms with Crippen LogP contribution in [0.5, 0.6) is 11.5 Å². The molecule has 1 aromatic heterocycles. The van der Waals surface area contributed by atoms with E-state index in [4.69, 9.17) is 37.8 Å². The average Bonchev–Trinajstić information content (AvgIpc) is 3.64. The first-order valence-corrected chi connectivity index (χ1v) is 28.2. The number of carbonyl (C=O) groups is 3. The van der Waals surface area contributed by atoms with Crippen molar-refractivity contribution in [3.05, 3.63) is 88.1 Å². The van der Waals surface area contributed by atoms with Crippen molar-refractivity contribution in [2.45, 2.75) is 175 Å². The van der Waals surface area contributed by atoms with Crippen LogP contribution in [0.4, 0.5) is 0 Å². The number of unbranched alkanes of at least 4 members (excludes halogenated alkanes) is 12. The monoisotopic (exact) mass is 1050 g/mol. The van der Waals surface area contributed by atoms with E-state index < -0.39 is 77.2 Å². The van der Waals surface area contributed by atoms with Crippen LogP contribution in [0.2, 0.25) is 0 Å². The molecule has 1 aliphatic rings. The van der Waals surface area contributed by atoms with Gasteiger partial charge >= 0.3 is 27.6 Å². The van der Waals surface area contributed by atoms with Crippen molar-refractivity contribution in [3.8, 4) is 11.5 Å². The topological polar surface area (TPSA) is 275 Å². The number of phosphoric acid groups is 2. The molecule has 1 aliphatic heterocycles. The smallest absolute Gasteiger partial charge is 0.427 e. The number of nitrogens with two attached hydrogens (primary N) is 1. The minimum atomic E-state index is -5.40. The number of carbonyl (C=O) groups excluding carboxylic acids is 3. The summed E-state index contributed by atoms with van der Waals surface area (Å²) in [7, 11) is -10.4. The molecule has 0 aliphatic carbocycles. The summed E-state index contributed by atoms with van der Waals surface area (Å²) in [6.07, 6.45) is 10.7. The molecule has 2 heterocycles. The fourth-order valence-electron chi connectivity index (χ4n) is 7.40. The van der Waals surface area contributed by atoms with Gasteiger partial charge in [-0.3, -0.25) is 37.3 Å². The molecule has 404 valence electrons. The number of esters is 2. The maximum absolute atomic E-state index is 14.1. The molecule has 22 heteroatoms. The molecule has 5 atom stereocenters. The molecular formula is C50H78N4O16P2. The number of amides is 1. The van der Waals surface area contributed by atoms with Crippen molar-refractivity contribution >= 4 is 33.5 Å². The number of primary amides is 1. The van der Waals surface area contributed by atoms with Crippen LogP contribution in [-0.2, 0) is 54.6 Å².